The Morgan fingerprint density at radius 1 is 1.22 bits per heavy atom. The van der Waals surface area contributed by atoms with Crippen molar-refractivity contribution in [3.05, 3.63) is 29.8 Å². The Balaban J connectivity index is 0.00000137. The summed E-state index contributed by atoms with van der Waals surface area (Å²) in [6, 6.07) is 6.04. The van der Waals surface area contributed by atoms with Crippen LogP contribution in [0, 0.1) is 11.5 Å². The summed E-state index contributed by atoms with van der Waals surface area (Å²) in [4.78, 5) is 0. The molecule has 0 amide bonds. The molecule has 0 radical (unpaired) electrons. The number of nitrogens with zero attached hydrogens (tertiary/aromatic N) is 1. The first-order chi connectivity index (χ1) is 8.67. The molecule has 0 fully saturated rings. The summed E-state index contributed by atoms with van der Waals surface area (Å²) in [6.45, 7) is 3.04. The van der Waals surface area contributed by atoms with Gasteiger partial charge in [0, 0.05) is 0 Å². The molecule has 0 bridgehead atoms. The Bertz CT molecular complexity index is 360. The van der Waals surface area contributed by atoms with Crippen molar-refractivity contribution in [1.29, 1.82) is 5.26 Å². The first-order valence-corrected chi connectivity index (χ1v) is 5.77. The lowest BCUT2D eigenvalue weighted by molar-refractivity contribution is -0.0498. The topological polar surface area (TPSA) is 42.2 Å². The second-order valence-electron chi connectivity index (χ2n) is 3.05. The van der Waals surface area contributed by atoms with Crippen LogP contribution in [0.3, 0.4) is 0 Å². The fourth-order valence-electron chi connectivity index (χ4n) is 1.31. The lowest BCUT2D eigenvalue weighted by Crippen LogP contribution is -2.03. The predicted molar refractivity (Wildman–Crippen MR) is 64.2 cm³/mol. The highest BCUT2D eigenvalue weighted by atomic mass is 19.3. The van der Waals surface area contributed by atoms with Gasteiger partial charge in [0.15, 0.2) is 0 Å². The fraction of sp³-hybridized carbons (Fsp3) is 0.462. The average molecular weight is 257 g/mol. The summed E-state index contributed by atoms with van der Waals surface area (Å²) in [5.74, 6) is 0.0885. The number of hydrogen-bond donors (Lipinski definition) is 0. The third kappa shape index (κ3) is 5.48. The predicted octanol–water partition coefficient (Wildman–Crippen LogP) is 4.26. The van der Waals surface area contributed by atoms with Crippen molar-refractivity contribution in [1.82, 2.24) is 0 Å². The van der Waals surface area contributed by atoms with E-state index in [4.69, 9.17) is 10.00 Å². The van der Waals surface area contributed by atoms with Gasteiger partial charge in [-0.15, -0.1) is 0 Å². The second kappa shape index (κ2) is 9.23. The third-order valence-electron chi connectivity index (χ3n) is 2.04. The van der Waals surface area contributed by atoms with Crippen LogP contribution in [0.1, 0.15) is 38.9 Å². The van der Waals surface area contributed by atoms with Gasteiger partial charge in [0.25, 0.3) is 6.26 Å². The molecule has 0 saturated heterocycles. The van der Waals surface area contributed by atoms with Crippen molar-refractivity contribution in [2.24, 2.45) is 0 Å². The summed E-state index contributed by atoms with van der Waals surface area (Å²) in [6.07, 6.45) is 1.90. The highest BCUT2D eigenvalue weighted by molar-refractivity contribution is 5.28. The Kier molecular flexibility index (Phi) is 8.29. The summed E-state index contributed by atoms with van der Waals surface area (Å²) in [5.41, 5.74) is 0.755. The summed E-state index contributed by atoms with van der Waals surface area (Å²) in [5, 5.41) is 8.41. The molecule has 0 aliphatic carbocycles. The summed E-state index contributed by atoms with van der Waals surface area (Å²) >= 11 is 0. The van der Waals surface area contributed by atoms with Gasteiger partial charge in [0.2, 0.25) is 0 Å². The van der Waals surface area contributed by atoms with Gasteiger partial charge in [-0.2, -0.15) is 14.0 Å². The van der Waals surface area contributed by atoms with E-state index in [1.165, 1.54) is 12.1 Å². The molecule has 1 rings (SSSR count). The molecule has 0 saturated carbocycles. The highest BCUT2D eigenvalue weighted by Gasteiger charge is 2.11. The molecule has 3 nitrogen and oxygen atoms in total. The van der Waals surface area contributed by atoms with E-state index in [0.717, 1.165) is 5.56 Å². The molecular formula is C13H17F2NO2. The molecule has 1 aromatic carbocycles. The quantitative estimate of drug-likeness (QED) is 0.740. The number of benzene rings is 1. The lowest BCUT2D eigenvalue weighted by Gasteiger charge is -2.12. The van der Waals surface area contributed by atoms with Crippen LogP contribution in [0.15, 0.2) is 24.3 Å². The van der Waals surface area contributed by atoms with Gasteiger partial charge in [-0.05, 0) is 24.1 Å². The molecular weight excluding hydrogens is 240 g/mol. The Hall–Kier alpha value is -1.83. The van der Waals surface area contributed by atoms with E-state index >= 15 is 0 Å². The SMILES string of the molecule is CC.CCC(OC#N)c1ccc(OC(F)F)cc1. The highest BCUT2D eigenvalue weighted by Crippen LogP contribution is 2.23. The van der Waals surface area contributed by atoms with Gasteiger partial charge in [0.1, 0.15) is 11.9 Å². The van der Waals surface area contributed by atoms with Gasteiger partial charge in [-0.1, -0.05) is 32.9 Å². The monoisotopic (exact) mass is 257 g/mol. The number of alkyl halides is 2. The van der Waals surface area contributed by atoms with Crippen LogP contribution >= 0.6 is 0 Å². The molecule has 1 atom stereocenters. The summed E-state index contributed by atoms with van der Waals surface area (Å²) < 4.78 is 32.8. The van der Waals surface area contributed by atoms with Crippen LogP contribution in [-0.2, 0) is 4.74 Å². The molecule has 0 heterocycles. The van der Waals surface area contributed by atoms with E-state index in [9.17, 15) is 8.78 Å². The van der Waals surface area contributed by atoms with Crippen molar-refractivity contribution < 1.29 is 18.3 Å². The van der Waals surface area contributed by atoms with Crippen molar-refractivity contribution in [2.45, 2.75) is 39.9 Å². The number of rotatable bonds is 5. The van der Waals surface area contributed by atoms with E-state index in [2.05, 4.69) is 4.74 Å². The number of hydrogen-bond acceptors (Lipinski definition) is 3. The van der Waals surface area contributed by atoms with E-state index in [1.807, 2.05) is 20.8 Å². The standard InChI is InChI=1S/C11H11F2NO2.C2H6/c1-2-10(15-7-14)8-3-5-9(6-4-8)16-11(12)13;1-2/h3-6,10-11H,2H2,1H3;1-2H3. The first-order valence-electron chi connectivity index (χ1n) is 5.77. The Morgan fingerprint density at radius 2 is 1.78 bits per heavy atom. The largest absolute Gasteiger partial charge is 0.435 e. The second-order valence-corrected chi connectivity index (χ2v) is 3.05. The lowest BCUT2D eigenvalue weighted by atomic mass is 10.1. The van der Waals surface area contributed by atoms with Crippen molar-refractivity contribution in [3.8, 4) is 12.0 Å². The molecule has 0 aliphatic rings. The molecule has 18 heavy (non-hydrogen) atoms. The maximum atomic E-state index is 11.9. The van der Waals surface area contributed by atoms with Crippen LogP contribution in [-0.4, -0.2) is 6.61 Å². The Labute approximate surface area is 106 Å². The zero-order chi connectivity index (χ0) is 14.0. The smallest absolute Gasteiger partial charge is 0.387 e. The zero-order valence-corrected chi connectivity index (χ0v) is 10.7. The van der Waals surface area contributed by atoms with E-state index in [-0.39, 0.29) is 11.9 Å². The van der Waals surface area contributed by atoms with Crippen LogP contribution in [0.25, 0.3) is 0 Å². The van der Waals surface area contributed by atoms with Crippen LogP contribution in [0.4, 0.5) is 8.78 Å². The minimum Gasteiger partial charge on any atom is -0.435 e. The number of halogens is 2. The van der Waals surface area contributed by atoms with Crippen LogP contribution in [0.5, 0.6) is 5.75 Å². The maximum absolute atomic E-state index is 11.9. The normalized spacial score (nSPS) is 10.9. The maximum Gasteiger partial charge on any atom is 0.387 e. The van der Waals surface area contributed by atoms with Gasteiger partial charge in [-0.3, -0.25) is 0 Å². The number of ether oxygens (including phenoxy) is 2. The number of nitriles is 1. The minimum atomic E-state index is -2.83. The van der Waals surface area contributed by atoms with E-state index in [0.29, 0.717) is 6.42 Å². The van der Waals surface area contributed by atoms with Gasteiger partial charge < -0.3 is 9.47 Å². The Morgan fingerprint density at radius 3 is 2.17 bits per heavy atom. The van der Waals surface area contributed by atoms with E-state index in [1.54, 1.807) is 18.4 Å². The molecule has 5 heteroatoms. The fourth-order valence-corrected chi connectivity index (χ4v) is 1.31. The van der Waals surface area contributed by atoms with Crippen LogP contribution < -0.4 is 4.74 Å². The molecule has 0 aliphatic heterocycles. The van der Waals surface area contributed by atoms with Crippen molar-refractivity contribution >= 4 is 0 Å². The molecule has 0 N–H and O–H groups in total. The average Bonchev–Trinajstić information content (AvgIpc) is 2.39. The zero-order valence-electron chi connectivity index (χ0n) is 10.7. The van der Waals surface area contributed by atoms with Gasteiger partial charge in [-0.25, -0.2) is 0 Å². The van der Waals surface area contributed by atoms with E-state index < -0.39 is 6.61 Å². The first kappa shape index (κ1) is 16.2. The van der Waals surface area contributed by atoms with Gasteiger partial charge in [0.05, 0.1) is 0 Å². The van der Waals surface area contributed by atoms with Gasteiger partial charge >= 0.3 is 6.61 Å². The molecule has 1 aromatic rings. The molecule has 0 aromatic heterocycles. The molecule has 0 spiro atoms. The van der Waals surface area contributed by atoms with Crippen molar-refractivity contribution in [2.75, 3.05) is 0 Å². The summed E-state index contributed by atoms with van der Waals surface area (Å²) in [7, 11) is 0. The third-order valence-corrected chi connectivity index (χ3v) is 2.04. The molecule has 1 unspecified atom stereocenters. The minimum absolute atomic E-state index is 0.0885. The molecule has 100 valence electrons. The van der Waals surface area contributed by atoms with Crippen molar-refractivity contribution in [3.63, 3.8) is 0 Å². The van der Waals surface area contributed by atoms with Crippen LogP contribution in [0.2, 0.25) is 0 Å².